The van der Waals surface area contributed by atoms with Crippen molar-refractivity contribution in [3.63, 3.8) is 0 Å². The number of hydrogen-bond donors (Lipinski definition) is 0. The Bertz CT molecular complexity index is 611. The molecule has 1 heterocycles. The van der Waals surface area contributed by atoms with E-state index < -0.39 is 17.2 Å². The van der Waals surface area contributed by atoms with Gasteiger partial charge in [-0.1, -0.05) is 6.07 Å². The monoisotopic (exact) mass is 195 g/mol. The second-order valence-corrected chi connectivity index (χ2v) is 2.85. The molecule has 1 aromatic carbocycles. The molecule has 72 valence electrons. The van der Waals surface area contributed by atoms with E-state index >= 15 is 0 Å². The van der Waals surface area contributed by atoms with Gasteiger partial charge < -0.3 is 4.42 Å². The van der Waals surface area contributed by atoms with Crippen LogP contribution in [0.5, 0.6) is 0 Å². The molecule has 2 aromatic rings. The first kappa shape index (κ1) is 8.68. The fraction of sp³-hybridized carbons (Fsp3) is 0.111. The van der Waals surface area contributed by atoms with Crippen molar-refractivity contribution in [2.45, 2.75) is 0 Å². The van der Waals surface area contributed by atoms with Crippen LogP contribution in [0.15, 0.2) is 32.2 Å². The molecule has 0 radical (unpaired) electrons. The Morgan fingerprint density at radius 1 is 1.36 bits per heavy atom. The maximum Gasteiger partial charge on any atom is 0.422 e. The summed E-state index contributed by atoms with van der Waals surface area (Å²) in [4.78, 5) is 22.2. The molecular formula is C9H6FNO3. The fourth-order valence-corrected chi connectivity index (χ4v) is 1.29. The average Bonchev–Trinajstić information content (AvgIpc) is 2.14. The van der Waals surface area contributed by atoms with E-state index in [2.05, 4.69) is 4.42 Å². The van der Waals surface area contributed by atoms with E-state index in [4.69, 9.17) is 0 Å². The third-order valence-corrected chi connectivity index (χ3v) is 2.01. The third-order valence-electron chi connectivity index (χ3n) is 2.01. The zero-order valence-corrected chi connectivity index (χ0v) is 7.28. The van der Waals surface area contributed by atoms with Crippen LogP contribution < -0.4 is 11.4 Å². The zero-order valence-electron chi connectivity index (χ0n) is 7.28. The molecule has 14 heavy (non-hydrogen) atoms. The Hall–Kier alpha value is -1.91. The average molecular weight is 195 g/mol. The van der Waals surface area contributed by atoms with E-state index in [0.717, 1.165) is 10.6 Å². The lowest BCUT2D eigenvalue weighted by Crippen LogP contribution is -2.22. The first-order valence-corrected chi connectivity index (χ1v) is 3.89. The molecule has 0 saturated heterocycles. The smallest absolute Gasteiger partial charge is 0.372 e. The van der Waals surface area contributed by atoms with Gasteiger partial charge >= 0.3 is 11.4 Å². The summed E-state index contributed by atoms with van der Waals surface area (Å²) >= 11 is 0. The topological polar surface area (TPSA) is 52.2 Å². The summed E-state index contributed by atoms with van der Waals surface area (Å²) in [6.45, 7) is 0. The van der Waals surface area contributed by atoms with Crippen molar-refractivity contribution in [3.8, 4) is 0 Å². The molecule has 0 aliphatic heterocycles. The van der Waals surface area contributed by atoms with Crippen molar-refractivity contribution in [1.29, 1.82) is 0 Å². The predicted octanol–water partition coefficient (Wildman–Crippen LogP) is 0.631. The molecular weight excluding hydrogens is 189 g/mol. The van der Waals surface area contributed by atoms with Gasteiger partial charge in [0.15, 0.2) is 0 Å². The van der Waals surface area contributed by atoms with E-state index in [9.17, 15) is 14.0 Å². The summed E-state index contributed by atoms with van der Waals surface area (Å²) in [6, 6.07) is 4.05. The Kier molecular flexibility index (Phi) is 1.73. The minimum atomic E-state index is -0.943. The maximum atomic E-state index is 13.2. The normalized spacial score (nSPS) is 10.7. The second-order valence-electron chi connectivity index (χ2n) is 2.85. The Labute approximate surface area is 77.2 Å². The molecule has 0 N–H and O–H groups in total. The molecule has 0 fully saturated rings. The quantitative estimate of drug-likeness (QED) is 0.619. The predicted molar refractivity (Wildman–Crippen MR) is 47.7 cm³/mol. The standard InChI is InChI=1S/C9H6FNO3/c1-11-6-4-2-3-5(10)7(6)8(12)14-9(11)13/h2-4H,1H3. The van der Waals surface area contributed by atoms with Crippen LogP contribution in [0.2, 0.25) is 0 Å². The van der Waals surface area contributed by atoms with E-state index in [1.54, 1.807) is 0 Å². The fourth-order valence-electron chi connectivity index (χ4n) is 1.29. The van der Waals surface area contributed by atoms with Gasteiger partial charge in [-0.05, 0) is 12.1 Å². The number of fused-ring (bicyclic) bond motifs is 1. The Morgan fingerprint density at radius 3 is 2.79 bits per heavy atom. The number of rotatable bonds is 0. The maximum absolute atomic E-state index is 13.2. The summed E-state index contributed by atoms with van der Waals surface area (Å²) < 4.78 is 18.6. The first-order valence-electron chi connectivity index (χ1n) is 3.89. The number of hydrogen-bond acceptors (Lipinski definition) is 3. The second kappa shape index (κ2) is 2.80. The summed E-state index contributed by atoms with van der Waals surface area (Å²) in [5, 5.41) is -0.199. The number of aromatic nitrogens is 1. The molecule has 4 nitrogen and oxygen atoms in total. The van der Waals surface area contributed by atoms with Crippen LogP contribution in [0.3, 0.4) is 0 Å². The van der Waals surface area contributed by atoms with Crippen molar-refractivity contribution >= 4 is 10.9 Å². The minimum Gasteiger partial charge on any atom is -0.372 e. The summed E-state index contributed by atoms with van der Waals surface area (Å²) in [5.41, 5.74) is -0.715. The van der Waals surface area contributed by atoms with Crippen LogP contribution in [-0.4, -0.2) is 4.57 Å². The van der Waals surface area contributed by atoms with Crippen LogP contribution in [0.4, 0.5) is 4.39 Å². The molecule has 0 atom stereocenters. The number of aryl methyl sites for hydroxylation is 1. The van der Waals surface area contributed by atoms with Gasteiger partial charge in [0.2, 0.25) is 0 Å². The van der Waals surface area contributed by atoms with Crippen molar-refractivity contribution in [1.82, 2.24) is 4.57 Å². The molecule has 2 rings (SSSR count). The van der Waals surface area contributed by atoms with Gasteiger partial charge in [-0.2, -0.15) is 0 Å². The molecule has 1 aromatic heterocycles. The van der Waals surface area contributed by atoms with Crippen LogP contribution in [-0.2, 0) is 7.05 Å². The van der Waals surface area contributed by atoms with E-state index in [0.29, 0.717) is 0 Å². The summed E-state index contributed by atoms with van der Waals surface area (Å²) in [6.07, 6.45) is 0. The number of nitrogens with zero attached hydrogens (tertiary/aromatic N) is 1. The van der Waals surface area contributed by atoms with Crippen LogP contribution >= 0.6 is 0 Å². The van der Waals surface area contributed by atoms with Gasteiger partial charge in [-0.3, -0.25) is 4.57 Å². The first-order chi connectivity index (χ1) is 6.61. The van der Waals surface area contributed by atoms with Gasteiger partial charge in [0.25, 0.3) is 0 Å². The summed E-state index contributed by atoms with van der Waals surface area (Å²) in [5.74, 6) is -1.49. The van der Waals surface area contributed by atoms with Gasteiger partial charge in [0.05, 0.1) is 5.52 Å². The highest BCUT2D eigenvalue weighted by molar-refractivity contribution is 5.77. The molecule has 0 amide bonds. The van der Waals surface area contributed by atoms with Crippen molar-refractivity contribution in [2.75, 3.05) is 0 Å². The molecule has 0 unspecified atom stereocenters. The van der Waals surface area contributed by atoms with E-state index in [1.165, 1.54) is 19.2 Å². The molecule has 0 spiro atoms. The third kappa shape index (κ3) is 1.06. The molecule has 5 heteroatoms. The van der Waals surface area contributed by atoms with Gasteiger partial charge in [-0.15, -0.1) is 0 Å². The lowest BCUT2D eigenvalue weighted by atomic mass is 10.2. The van der Waals surface area contributed by atoms with Crippen LogP contribution in [0, 0.1) is 5.82 Å². The molecule has 0 aliphatic carbocycles. The van der Waals surface area contributed by atoms with Crippen molar-refractivity contribution in [2.24, 2.45) is 7.05 Å². The molecule has 0 saturated carbocycles. The Balaban J connectivity index is 3.18. The minimum absolute atomic E-state index is 0.199. The van der Waals surface area contributed by atoms with Crippen LogP contribution in [0.25, 0.3) is 10.9 Å². The highest BCUT2D eigenvalue weighted by atomic mass is 19.1. The lowest BCUT2D eigenvalue weighted by Gasteiger charge is -2.01. The summed E-state index contributed by atoms with van der Waals surface area (Å²) in [7, 11) is 1.41. The van der Waals surface area contributed by atoms with Crippen molar-refractivity contribution in [3.05, 3.63) is 45.0 Å². The Morgan fingerprint density at radius 2 is 2.07 bits per heavy atom. The highest BCUT2D eigenvalue weighted by Gasteiger charge is 2.09. The van der Waals surface area contributed by atoms with E-state index in [-0.39, 0.29) is 10.9 Å². The SMILES string of the molecule is Cn1c(=O)oc(=O)c2c(F)cccc21. The molecule has 0 bridgehead atoms. The van der Waals surface area contributed by atoms with Gasteiger partial charge in [0, 0.05) is 7.05 Å². The van der Waals surface area contributed by atoms with Crippen molar-refractivity contribution < 1.29 is 8.81 Å². The van der Waals surface area contributed by atoms with E-state index in [1.807, 2.05) is 0 Å². The van der Waals surface area contributed by atoms with Gasteiger partial charge in [-0.25, -0.2) is 14.0 Å². The van der Waals surface area contributed by atoms with Crippen LogP contribution in [0.1, 0.15) is 0 Å². The lowest BCUT2D eigenvalue weighted by molar-refractivity contribution is 0.430. The van der Waals surface area contributed by atoms with Gasteiger partial charge in [0.1, 0.15) is 11.2 Å². The zero-order chi connectivity index (χ0) is 10.3. The number of benzene rings is 1. The molecule has 0 aliphatic rings. The largest absolute Gasteiger partial charge is 0.422 e. The highest BCUT2D eigenvalue weighted by Crippen LogP contribution is 2.10. The number of halogens is 1.